The Hall–Kier alpha value is -0.860. The maximum absolute atomic E-state index is 5.34. The average Bonchev–Trinajstić information content (AvgIpc) is 3.07. The summed E-state index contributed by atoms with van der Waals surface area (Å²) in [6.07, 6.45) is 2.59. The molecule has 2 heteroatoms. The lowest BCUT2D eigenvalue weighted by Gasteiger charge is -2.18. The lowest BCUT2D eigenvalue weighted by Crippen LogP contribution is -2.17. The summed E-state index contributed by atoms with van der Waals surface area (Å²) in [4.78, 5) is 2.54. The summed E-state index contributed by atoms with van der Waals surface area (Å²) in [5, 5.41) is 0. The molecule has 0 radical (unpaired) electrons. The van der Waals surface area contributed by atoms with Crippen LogP contribution in [0, 0.1) is 0 Å². The van der Waals surface area contributed by atoms with Crippen LogP contribution in [0.4, 0.5) is 0 Å². The van der Waals surface area contributed by atoms with Crippen LogP contribution in [0.5, 0.6) is 0 Å². The Morgan fingerprint density at radius 2 is 2.12 bits per heavy atom. The number of hydrogen-bond donors (Lipinski definition) is 0. The van der Waals surface area contributed by atoms with E-state index in [0.717, 1.165) is 12.6 Å². The second-order valence-corrected chi connectivity index (χ2v) is 4.52. The Kier molecular flexibility index (Phi) is 3.97. The summed E-state index contributed by atoms with van der Waals surface area (Å²) in [5.74, 6) is 0. The zero-order valence-corrected chi connectivity index (χ0v) is 10.2. The molecule has 0 N–H and O–H groups in total. The molecule has 16 heavy (non-hydrogen) atoms. The van der Waals surface area contributed by atoms with Gasteiger partial charge >= 0.3 is 0 Å². The third kappa shape index (κ3) is 2.63. The zero-order valence-electron chi connectivity index (χ0n) is 10.2. The molecule has 2 nitrogen and oxygen atoms in total. The largest absolute Gasteiger partial charge is 0.383 e. The first kappa shape index (κ1) is 11.6. The SMILES string of the molecule is CCC[C@H]1CN1[C@@H](COC)c1ccccc1. The van der Waals surface area contributed by atoms with Gasteiger partial charge in [-0.2, -0.15) is 0 Å². The fraction of sp³-hybridized carbons (Fsp3) is 0.571. The number of methoxy groups -OCH3 is 1. The van der Waals surface area contributed by atoms with Gasteiger partial charge in [-0.15, -0.1) is 0 Å². The summed E-state index contributed by atoms with van der Waals surface area (Å²) >= 11 is 0. The maximum atomic E-state index is 5.34. The quantitative estimate of drug-likeness (QED) is 0.682. The molecular formula is C14H21NO. The van der Waals surface area contributed by atoms with E-state index in [9.17, 15) is 0 Å². The van der Waals surface area contributed by atoms with E-state index in [0.29, 0.717) is 6.04 Å². The van der Waals surface area contributed by atoms with E-state index >= 15 is 0 Å². The summed E-state index contributed by atoms with van der Waals surface area (Å²) in [6.45, 7) is 4.28. The molecule has 88 valence electrons. The van der Waals surface area contributed by atoms with E-state index < -0.39 is 0 Å². The highest BCUT2D eigenvalue weighted by Crippen LogP contribution is 2.34. The van der Waals surface area contributed by atoms with E-state index in [1.54, 1.807) is 7.11 Å². The fourth-order valence-electron chi connectivity index (χ4n) is 2.38. The second-order valence-electron chi connectivity index (χ2n) is 4.52. The van der Waals surface area contributed by atoms with E-state index in [4.69, 9.17) is 4.74 Å². The van der Waals surface area contributed by atoms with Crippen LogP contribution in [0.2, 0.25) is 0 Å². The summed E-state index contributed by atoms with van der Waals surface area (Å²) < 4.78 is 5.34. The van der Waals surface area contributed by atoms with Crippen molar-refractivity contribution in [1.82, 2.24) is 4.90 Å². The van der Waals surface area contributed by atoms with Gasteiger partial charge in [0, 0.05) is 19.7 Å². The van der Waals surface area contributed by atoms with Crippen LogP contribution in [0.25, 0.3) is 0 Å². The van der Waals surface area contributed by atoms with Gasteiger partial charge < -0.3 is 4.74 Å². The third-order valence-electron chi connectivity index (χ3n) is 3.29. The van der Waals surface area contributed by atoms with Gasteiger partial charge in [0.2, 0.25) is 0 Å². The summed E-state index contributed by atoms with van der Waals surface area (Å²) in [7, 11) is 1.79. The fourth-order valence-corrected chi connectivity index (χ4v) is 2.38. The molecule has 1 saturated heterocycles. The van der Waals surface area contributed by atoms with Gasteiger partial charge in [-0.05, 0) is 12.0 Å². The van der Waals surface area contributed by atoms with E-state index in [1.807, 2.05) is 0 Å². The Morgan fingerprint density at radius 3 is 2.75 bits per heavy atom. The van der Waals surface area contributed by atoms with Crippen molar-refractivity contribution < 1.29 is 4.74 Å². The minimum atomic E-state index is 0.447. The zero-order chi connectivity index (χ0) is 11.4. The van der Waals surface area contributed by atoms with Gasteiger partial charge in [0.15, 0.2) is 0 Å². The highest BCUT2D eigenvalue weighted by molar-refractivity contribution is 5.21. The number of benzene rings is 1. The molecule has 1 aromatic rings. The minimum absolute atomic E-state index is 0.447. The Labute approximate surface area is 98.2 Å². The molecule has 1 aliphatic rings. The number of ether oxygens (including phenoxy) is 1. The van der Waals surface area contributed by atoms with Crippen LogP contribution in [0.1, 0.15) is 31.4 Å². The molecule has 0 saturated carbocycles. The van der Waals surface area contributed by atoms with Crippen molar-refractivity contribution in [2.75, 3.05) is 20.3 Å². The molecule has 1 heterocycles. The number of nitrogens with zero attached hydrogens (tertiary/aromatic N) is 1. The summed E-state index contributed by atoms with van der Waals surface area (Å²) in [6, 6.07) is 11.9. The van der Waals surface area contributed by atoms with Crippen LogP contribution in [-0.4, -0.2) is 31.2 Å². The molecule has 0 spiro atoms. The van der Waals surface area contributed by atoms with Gasteiger partial charge in [-0.25, -0.2) is 0 Å². The molecule has 2 rings (SSSR count). The number of hydrogen-bond acceptors (Lipinski definition) is 2. The van der Waals surface area contributed by atoms with Gasteiger partial charge in [0.05, 0.1) is 12.6 Å². The monoisotopic (exact) mass is 219 g/mol. The third-order valence-corrected chi connectivity index (χ3v) is 3.29. The standard InChI is InChI=1S/C14H21NO/c1-3-7-13-10-15(13)14(11-16-2)12-8-5-4-6-9-12/h4-6,8-9,13-14H,3,7,10-11H2,1-2H3/t13-,14-,15?/m0/s1. The van der Waals surface area contributed by atoms with Crippen LogP contribution < -0.4 is 0 Å². The Morgan fingerprint density at radius 1 is 1.38 bits per heavy atom. The molecule has 0 aliphatic carbocycles. The summed E-state index contributed by atoms with van der Waals surface area (Å²) in [5.41, 5.74) is 1.38. The van der Waals surface area contributed by atoms with Crippen LogP contribution >= 0.6 is 0 Å². The molecular weight excluding hydrogens is 198 g/mol. The van der Waals surface area contributed by atoms with Gasteiger partial charge in [-0.3, -0.25) is 4.90 Å². The Bertz CT molecular complexity index is 312. The minimum Gasteiger partial charge on any atom is -0.383 e. The topological polar surface area (TPSA) is 12.2 Å². The van der Waals surface area contributed by atoms with Crippen LogP contribution in [0.15, 0.2) is 30.3 Å². The predicted molar refractivity (Wildman–Crippen MR) is 66.5 cm³/mol. The van der Waals surface area contributed by atoms with Crippen molar-refractivity contribution in [3.05, 3.63) is 35.9 Å². The van der Waals surface area contributed by atoms with Crippen molar-refractivity contribution in [2.24, 2.45) is 0 Å². The van der Waals surface area contributed by atoms with Gasteiger partial charge in [0.25, 0.3) is 0 Å². The molecule has 1 aliphatic heterocycles. The van der Waals surface area contributed by atoms with Crippen molar-refractivity contribution in [2.45, 2.75) is 31.8 Å². The van der Waals surface area contributed by atoms with E-state index in [2.05, 4.69) is 42.2 Å². The highest BCUT2D eigenvalue weighted by atomic mass is 16.5. The van der Waals surface area contributed by atoms with E-state index in [1.165, 1.54) is 24.9 Å². The predicted octanol–water partition coefficient (Wildman–Crippen LogP) is 2.86. The van der Waals surface area contributed by atoms with Crippen molar-refractivity contribution in [3.8, 4) is 0 Å². The lowest BCUT2D eigenvalue weighted by molar-refractivity contribution is 0.139. The van der Waals surface area contributed by atoms with Gasteiger partial charge in [0.1, 0.15) is 0 Å². The van der Waals surface area contributed by atoms with Crippen LogP contribution in [-0.2, 0) is 4.74 Å². The average molecular weight is 219 g/mol. The molecule has 0 amide bonds. The molecule has 3 atom stereocenters. The molecule has 1 fully saturated rings. The Balaban J connectivity index is 2.02. The maximum Gasteiger partial charge on any atom is 0.0659 e. The molecule has 1 aromatic carbocycles. The van der Waals surface area contributed by atoms with Crippen molar-refractivity contribution in [3.63, 3.8) is 0 Å². The first-order chi connectivity index (χ1) is 7.86. The smallest absolute Gasteiger partial charge is 0.0659 e. The van der Waals surface area contributed by atoms with Crippen LogP contribution in [0.3, 0.4) is 0 Å². The number of rotatable bonds is 6. The molecule has 1 unspecified atom stereocenters. The van der Waals surface area contributed by atoms with Crippen molar-refractivity contribution in [1.29, 1.82) is 0 Å². The highest BCUT2D eigenvalue weighted by Gasteiger charge is 2.39. The first-order valence-electron chi connectivity index (χ1n) is 6.16. The normalized spacial score (nSPS) is 25.4. The van der Waals surface area contributed by atoms with Crippen molar-refractivity contribution >= 4 is 0 Å². The van der Waals surface area contributed by atoms with E-state index in [-0.39, 0.29) is 0 Å². The lowest BCUT2D eigenvalue weighted by atomic mass is 10.1. The van der Waals surface area contributed by atoms with Gasteiger partial charge in [-0.1, -0.05) is 43.7 Å². The molecule has 0 aromatic heterocycles. The second kappa shape index (κ2) is 5.46. The molecule has 0 bridgehead atoms. The first-order valence-corrected chi connectivity index (χ1v) is 6.16.